The Kier molecular flexibility index (Phi) is 3.83. The van der Waals surface area contributed by atoms with Crippen molar-refractivity contribution in [3.8, 4) is 0 Å². The van der Waals surface area contributed by atoms with Gasteiger partial charge in [0.25, 0.3) is 0 Å². The van der Waals surface area contributed by atoms with Gasteiger partial charge in [0.05, 0.1) is 5.69 Å². The number of nitrogens with one attached hydrogen (secondary N) is 1. The van der Waals surface area contributed by atoms with E-state index in [-0.39, 0.29) is 0 Å². The molecule has 0 spiro atoms. The van der Waals surface area contributed by atoms with E-state index < -0.39 is 0 Å². The molecule has 0 saturated carbocycles. The summed E-state index contributed by atoms with van der Waals surface area (Å²) >= 11 is 6.02. The third-order valence-electron chi connectivity index (χ3n) is 4.12. The van der Waals surface area contributed by atoms with Gasteiger partial charge in [0.1, 0.15) is 0 Å². The first kappa shape index (κ1) is 12.4. The van der Waals surface area contributed by atoms with E-state index in [0.29, 0.717) is 12.1 Å². The SMILES string of the molecule is Clc1ccnc(CN2CCCC2C2CCCN2)c1. The number of pyridine rings is 1. The van der Waals surface area contributed by atoms with Gasteiger partial charge in [-0.1, -0.05) is 11.6 Å². The van der Waals surface area contributed by atoms with Crippen LogP contribution in [0.15, 0.2) is 18.3 Å². The van der Waals surface area contributed by atoms with Crippen LogP contribution in [0.5, 0.6) is 0 Å². The van der Waals surface area contributed by atoms with Gasteiger partial charge in [-0.15, -0.1) is 0 Å². The van der Waals surface area contributed by atoms with Crippen molar-refractivity contribution in [2.45, 2.75) is 44.3 Å². The van der Waals surface area contributed by atoms with Crippen LogP contribution in [0.3, 0.4) is 0 Å². The number of aromatic nitrogens is 1. The molecule has 2 saturated heterocycles. The molecule has 2 atom stereocenters. The van der Waals surface area contributed by atoms with Crippen molar-refractivity contribution in [3.63, 3.8) is 0 Å². The van der Waals surface area contributed by atoms with E-state index in [4.69, 9.17) is 11.6 Å². The zero-order valence-electron chi connectivity index (χ0n) is 10.6. The van der Waals surface area contributed by atoms with Gasteiger partial charge in [-0.3, -0.25) is 9.88 Å². The largest absolute Gasteiger partial charge is 0.312 e. The molecule has 2 aliphatic heterocycles. The van der Waals surface area contributed by atoms with Crippen LogP contribution >= 0.6 is 11.6 Å². The highest BCUT2D eigenvalue weighted by Crippen LogP contribution is 2.26. The van der Waals surface area contributed by atoms with E-state index in [1.54, 1.807) is 6.20 Å². The van der Waals surface area contributed by atoms with Crippen LogP contribution in [-0.4, -0.2) is 35.1 Å². The fourth-order valence-electron chi connectivity index (χ4n) is 3.29. The molecular formula is C14H20ClN3. The number of rotatable bonds is 3. The highest BCUT2D eigenvalue weighted by molar-refractivity contribution is 6.30. The van der Waals surface area contributed by atoms with Crippen molar-refractivity contribution < 1.29 is 0 Å². The molecule has 1 aromatic rings. The molecule has 0 aromatic carbocycles. The lowest BCUT2D eigenvalue weighted by Gasteiger charge is -2.29. The van der Waals surface area contributed by atoms with Crippen LogP contribution in [0.1, 0.15) is 31.4 Å². The lowest BCUT2D eigenvalue weighted by Crippen LogP contribution is -2.43. The maximum atomic E-state index is 6.02. The lowest BCUT2D eigenvalue weighted by atomic mass is 10.0. The van der Waals surface area contributed by atoms with Crippen LogP contribution in [0.4, 0.5) is 0 Å². The Labute approximate surface area is 114 Å². The molecule has 0 radical (unpaired) electrons. The maximum Gasteiger partial charge on any atom is 0.0558 e. The van der Waals surface area contributed by atoms with Gasteiger partial charge in [0, 0.05) is 29.8 Å². The summed E-state index contributed by atoms with van der Waals surface area (Å²) in [6, 6.07) is 5.20. The minimum atomic E-state index is 0.687. The number of halogens is 1. The molecule has 2 fully saturated rings. The van der Waals surface area contributed by atoms with E-state index >= 15 is 0 Å². The van der Waals surface area contributed by atoms with Gasteiger partial charge in [-0.2, -0.15) is 0 Å². The summed E-state index contributed by atoms with van der Waals surface area (Å²) in [4.78, 5) is 6.99. The van der Waals surface area contributed by atoms with Crippen molar-refractivity contribution in [3.05, 3.63) is 29.0 Å². The first-order valence-electron chi connectivity index (χ1n) is 6.91. The molecule has 3 rings (SSSR count). The molecule has 2 aliphatic rings. The Morgan fingerprint density at radius 3 is 3.11 bits per heavy atom. The van der Waals surface area contributed by atoms with Gasteiger partial charge >= 0.3 is 0 Å². The Morgan fingerprint density at radius 1 is 1.39 bits per heavy atom. The molecule has 2 unspecified atom stereocenters. The van der Waals surface area contributed by atoms with Crippen LogP contribution in [0.2, 0.25) is 5.02 Å². The van der Waals surface area contributed by atoms with Gasteiger partial charge in [0.15, 0.2) is 0 Å². The summed E-state index contributed by atoms with van der Waals surface area (Å²) in [5.74, 6) is 0. The summed E-state index contributed by atoms with van der Waals surface area (Å²) < 4.78 is 0. The van der Waals surface area contributed by atoms with E-state index in [9.17, 15) is 0 Å². The summed E-state index contributed by atoms with van der Waals surface area (Å²) in [6.45, 7) is 3.31. The third kappa shape index (κ3) is 2.68. The van der Waals surface area contributed by atoms with Gasteiger partial charge in [-0.05, 0) is 50.9 Å². The molecule has 1 N–H and O–H groups in total. The number of hydrogen-bond acceptors (Lipinski definition) is 3. The fourth-order valence-corrected chi connectivity index (χ4v) is 3.47. The second-order valence-corrected chi connectivity index (χ2v) is 5.78. The Balaban J connectivity index is 1.67. The van der Waals surface area contributed by atoms with Crippen LogP contribution in [-0.2, 0) is 6.54 Å². The Bertz CT molecular complexity index is 404. The molecular weight excluding hydrogens is 246 g/mol. The zero-order chi connectivity index (χ0) is 12.4. The standard InChI is InChI=1S/C14H20ClN3/c15-11-5-7-16-12(9-11)10-18-8-2-4-14(18)13-3-1-6-17-13/h5,7,9,13-14,17H,1-4,6,8,10H2. The lowest BCUT2D eigenvalue weighted by molar-refractivity contribution is 0.204. The van der Waals surface area contributed by atoms with Crippen molar-refractivity contribution >= 4 is 11.6 Å². The molecule has 0 amide bonds. The van der Waals surface area contributed by atoms with E-state index in [2.05, 4.69) is 15.2 Å². The second-order valence-electron chi connectivity index (χ2n) is 5.35. The molecule has 3 nitrogen and oxygen atoms in total. The molecule has 18 heavy (non-hydrogen) atoms. The fraction of sp³-hybridized carbons (Fsp3) is 0.643. The molecule has 0 aliphatic carbocycles. The first-order valence-corrected chi connectivity index (χ1v) is 7.28. The average Bonchev–Trinajstić information content (AvgIpc) is 2.98. The molecule has 98 valence electrons. The van der Waals surface area contributed by atoms with Crippen LogP contribution in [0.25, 0.3) is 0 Å². The zero-order valence-corrected chi connectivity index (χ0v) is 11.4. The quantitative estimate of drug-likeness (QED) is 0.910. The third-order valence-corrected chi connectivity index (χ3v) is 4.36. The smallest absolute Gasteiger partial charge is 0.0558 e. The van der Waals surface area contributed by atoms with Crippen molar-refractivity contribution in [2.24, 2.45) is 0 Å². The predicted octanol–water partition coefficient (Wildman–Crippen LogP) is 2.45. The van der Waals surface area contributed by atoms with E-state index in [0.717, 1.165) is 17.3 Å². The van der Waals surface area contributed by atoms with Gasteiger partial charge in [-0.25, -0.2) is 0 Å². The molecule has 1 aromatic heterocycles. The number of nitrogens with zero attached hydrogens (tertiary/aromatic N) is 2. The van der Waals surface area contributed by atoms with Crippen molar-refractivity contribution in [2.75, 3.05) is 13.1 Å². The van der Waals surface area contributed by atoms with Crippen LogP contribution < -0.4 is 5.32 Å². The van der Waals surface area contributed by atoms with Crippen molar-refractivity contribution in [1.82, 2.24) is 15.2 Å². The van der Waals surface area contributed by atoms with Crippen LogP contribution in [0, 0.1) is 0 Å². The minimum Gasteiger partial charge on any atom is -0.312 e. The highest BCUT2D eigenvalue weighted by atomic mass is 35.5. The number of hydrogen-bond donors (Lipinski definition) is 1. The second kappa shape index (κ2) is 5.55. The summed E-state index contributed by atoms with van der Waals surface area (Å²) in [5.41, 5.74) is 1.09. The molecule has 0 bridgehead atoms. The van der Waals surface area contributed by atoms with E-state index in [1.165, 1.54) is 38.8 Å². The monoisotopic (exact) mass is 265 g/mol. The minimum absolute atomic E-state index is 0.687. The number of likely N-dealkylation sites (tertiary alicyclic amines) is 1. The van der Waals surface area contributed by atoms with E-state index in [1.807, 2.05) is 12.1 Å². The topological polar surface area (TPSA) is 28.2 Å². The molecule has 4 heteroatoms. The summed E-state index contributed by atoms with van der Waals surface area (Å²) in [7, 11) is 0. The highest BCUT2D eigenvalue weighted by Gasteiger charge is 2.33. The average molecular weight is 266 g/mol. The first-order chi connectivity index (χ1) is 8.83. The Morgan fingerprint density at radius 2 is 2.33 bits per heavy atom. The maximum absolute atomic E-state index is 6.02. The predicted molar refractivity (Wildman–Crippen MR) is 73.7 cm³/mol. The summed E-state index contributed by atoms with van der Waals surface area (Å²) in [5, 5.41) is 4.42. The molecule has 3 heterocycles. The normalized spacial score (nSPS) is 28.9. The van der Waals surface area contributed by atoms with Crippen molar-refractivity contribution in [1.29, 1.82) is 0 Å². The van der Waals surface area contributed by atoms with Gasteiger partial charge in [0.2, 0.25) is 0 Å². The van der Waals surface area contributed by atoms with Gasteiger partial charge < -0.3 is 5.32 Å². The summed E-state index contributed by atoms with van der Waals surface area (Å²) in [6.07, 6.45) is 7.08. The Hall–Kier alpha value is -0.640.